The Hall–Kier alpha value is -0.390. The van der Waals surface area contributed by atoms with Crippen LogP contribution in [-0.4, -0.2) is 26.5 Å². The third kappa shape index (κ3) is 9.90. The molecule has 4 nitrogen and oxygen atoms in total. The topological polar surface area (TPSA) is 72.2 Å². The molecule has 0 aliphatic heterocycles. The van der Waals surface area contributed by atoms with Crippen LogP contribution in [-0.2, 0) is 9.84 Å². The number of sulfone groups is 1. The van der Waals surface area contributed by atoms with Crippen molar-refractivity contribution >= 4 is 9.84 Å². The van der Waals surface area contributed by atoms with Crippen LogP contribution < -0.4 is 11.3 Å². The van der Waals surface area contributed by atoms with Gasteiger partial charge in [-0.2, -0.15) is 0 Å². The number of nitrogens with two attached hydrogens (primary N) is 1. The quantitative estimate of drug-likeness (QED) is 0.270. The van der Waals surface area contributed by atoms with E-state index in [1.54, 1.807) is 0 Å². The number of hydrazine groups is 1. The zero-order valence-corrected chi connectivity index (χ0v) is 10.2. The Bertz CT molecular complexity index is 263. The van der Waals surface area contributed by atoms with E-state index >= 15 is 0 Å². The van der Waals surface area contributed by atoms with Gasteiger partial charge in [-0.05, 0) is 19.3 Å². The van der Waals surface area contributed by atoms with Crippen molar-refractivity contribution in [3.63, 3.8) is 0 Å². The highest BCUT2D eigenvalue weighted by atomic mass is 32.2. The van der Waals surface area contributed by atoms with Gasteiger partial charge in [0.05, 0.1) is 5.75 Å². The van der Waals surface area contributed by atoms with E-state index in [4.69, 9.17) is 5.84 Å². The second kappa shape index (κ2) is 7.84. The highest BCUT2D eigenvalue weighted by Gasteiger charge is 2.12. The molecule has 0 aromatic heterocycles. The van der Waals surface area contributed by atoms with Crippen LogP contribution >= 0.6 is 0 Å². The molecule has 0 rings (SSSR count). The summed E-state index contributed by atoms with van der Waals surface area (Å²) in [4.78, 5) is 0. The molecule has 3 N–H and O–H groups in total. The van der Waals surface area contributed by atoms with E-state index in [9.17, 15) is 8.42 Å². The summed E-state index contributed by atoms with van der Waals surface area (Å²) >= 11 is 0. The molecule has 90 valence electrons. The lowest BCUT2D eigenvalue weighted by Gasteiger charge is -2.14. The molecule has 0 aliphatic rings. The van der Waals surface area contributed by atoms with Crippen LogP contribution in [0.2, 0.25) is 0 Å². The molecule has 0 saturated heterocycles. The van der Waals surface area contributed by atoms with Crippen molar-refractivity contribution < 1.29 is 8.42 Å². The summed E-state index contributed by atoms with van der Waals surface area (Å²) in [6.45, 7) is 3.65. The Balaban J connectivity index is 3.67. The maximum absolute atomic E-state index is 11.0. The summed E-state index contributed by atoms with van der Waals surface area (Å²) in [7, 11) is -2.94. The zero-order chi connectivity index (χ0) is 11.7. The molecule has 0 bridgehead atoms. The average molecular weight is 234 g/mol. The molecule has 15 heavy (non-hydrogen) atoms. The summed E-state index contributed by atoms with van der Waals surface area (Å²) in [5.74, 6) is 5.41. The first-order valence-corrected chi connectivity index (χ1v) is 7.30. The highest BCUT2D eigenvalue weighted by Crippen LogP contribution is 2.07. The number of allylic oxidation sites excluding steroid dienone is 1. The SMILES string of the molecule is C=CCCCCCC(CS(C)(=O)=O)NN. The summed E-state index contributed by atoms with van der Waals surface area (Å²) in [6.07, 6.45) is 8.16. The molecule has 0 spiro atoms. The minimum absolute atomic E-state index is 0.116. The first kappa shape index (κ1) is 14.6. The van der Waals surface area contributed by atoms with Gasteiger partial charge in [-0.3, -0.25) is 11.3 Å². The Labute approximate surface area is 92.8 Å². The van der Waals surface area contributed by atoms with Crippen LogP contribution in [0.4, 0.5) is 0 Å². The van der Waals surface area contributed by atoms with Crippen LogP contribution in [0.25, 0.3) is 0 Å². The van der Waals surface area contributed by atoms with Gasteiger partial charge in [0.25, 0.3) is 0 Å². The predicted octanol–water partition coefficient (Wildman–Crippen LogP) is 0.999. The number of hydrogen-bond donors (Lipinski definition) is 2. The number of hydrogen-bond acceptors (Lipinski definition) is 4. The van der Waals surface area contributed by atoms with Gasteiger partial charge in [-0.1, -0.05) is 18.9 Å². The molecule has 0 heterocycles. The number of unbranched alkanes of at least 4 members (excludes halogenated alkanes) is 3. The van der Waals surface area contributed by atoms with Crippen molar-refractivity contribution in [1.82, 2.24) is 5.43 Å². The Morgan fingerprint density at radius 1 is 1.40 bits per heavy atom. The van der Waals surface area contributed by atoms with Gasteiger partial charge in [-0.15, -0.1) is 6.58 Å². The largest absolute Gasteiger partial charge is 0.271 e. The third-order valence-corrected chi connectivity index (χ3v) is 3.21. The van der Waals surface area contributed by atoms with Gasteiger partial charge in [0.1, 0.15) is 9.84 Å². The van der Waals surface area contributed by atoms with Crippen LogP contribution in [0.15, 0.2) is 12.7 Å². The zero-order valence-electron chi connectivity index (χ0n) is 9.41. The molecule has 5 heteroatoms. The van der Waals surface area contributed by atoms with Crippen LogP contribution in [0.1, 0.15) is 32.1 Å². The van der Waals surface area contributed by atoms with Crippen molar-refractivity contribution in [2.24, 2.45) is 5.84 Å². The van der Waals surface area contributed by atoms with Gasteiger partial charge < -0.3 is 0 Å². The molecular weight excluding hydrogens is 212 g/mol. The maximum atomic E-state index is 11.0. The van der Waals surface area contributed by atoms with Crippen LogP contribution in [0, 0.1) is 0 Å². The van der Waals surface area contributed by atoms with Gasteiger partial charge >= 0.3 is 0 Å². The van der Waals surface area contributed by atoms with Gasteiger partial charge in [-0.25, -0.2) is 8.42 Å². The number of nitrogens with one attached hydrogen (secondary N) is 1. The normalized spacial score (nSPS) is 13.7. The highest BCUT2D eigenvalue weighted by molar-refractivity contribution is 7.90. The summed E-state index contributed by atoms with van der Waals surface area (Å²) in [5, 5.41) is 0. The van der Waals surface area contributed by atoms with E-state index in [1.807, 2.05) is 6.08 Å². The van der Waals surface area contributed by atoms with E-state index in [0.717, 1.165) is 32.1 Å². The van der Waals surface area contributed by atoms with E-state index in [0.29, 0.717) is 0 Å². The lowest BCUT2D eigenvalue weighted by atomic mass is 10.1. The number of rotatable bonds is 9. The second-order valence-electron chi connectivity index (χ2n) is 3.88. The van der Waals surface area contributed by atoms with Crippen molar-refractivity contribution in [3.05, 3.63) is 12.7 Å². The molecular formula is C10H22N2O2S. The first-order chi connectivity index (χ1) is 6.99. The minimum Gasteiger partial charge on any atom is -0.271 e. The predicted molar refractivity (Wildman–Crippen MR) is 64.1 cm³/mol. The Morgan fingerprint density at radius 2 is 2.07 bits per heavy atom. The van der Waals surface area contributed by atoms with E-state index in [-0.39, 0.29) is 11.8 Å². The molecule has 0 aliphatic carbocycles. The fourth-order valence-corrected chi connectivity index (χ4v) is 2.43. The van der Waals surface area contributed by atoms with Crippen molar-refractivity contribution in [3.8, 4) is 0 Å². The fraction of sp³-hybridized carbons (Fsp3) is 0.800. The van der Waals surface area contributed by atoms with Crippen LogP contribution in [0.5, 0.6) is 0 Å². The fourth-order valence-electron chi connectivity index (χ4n) is 1.44. The molecule has 1 atom stereocenters. The average Bonchev–Trinajstić information content (AvgIpc) is 2.14. The van der Waals surface area contributed by atoms with E-state index < -0.39 is 9.84 Å². The maximum Gasteiger partial charge on any atom is 0.149 e. The monoisotopic (exact) mass is 234 g/mol. The van der Waals surface area contributed by atoms with Gasteiger partial charge in [0, 0.05) is 12.3 Å². The van der Waals surface area contributed by atoms with Crippen LogP contribution in [0.3, 0.4) is 0 Å². The van der Waals surface area contributed by atoms with E-state index in [1.165, 1.54) is 6.26 Å². The van der Waals surface area contributed by atoms with Gasteiger partial charge in [0.2, 0.25) is 0 Å². The molecule has 0 radical (unpaired) electrons. The molecule has 0 amide bonds. The molecule has 0 saturated carbocycles. The summed E-state index contributed by atoms with van der Waals surface area (Å²) in [5.41, 5.74) is 2.55. The smallest absolute Gasteiger partial charge is 0.149 e. The molecule has 1 unspecified atom stereocenters. The summed E-state index contributed by atoms with van der Waals surface area (Å²) in [6, 6.07) is -0.122. The summed E-state index contributed by atoms with van der Waals surface area (Å²) < 4.78 is 22.1. The van der Waals surface area contributed by atoms with E-state index in [2.05, 4.69) is 12.0 Å². The molecule has 0 aromatic carbocycles. The third-order valence-electron chi connectivity index (χ3n) is 2.20. The van der Waals surface area contributed by atoms with Crippen molar-refractivity contribution in [2.75, 3.05) is 12.0 Å². The second-order valence-corrected chi connectivity index (χ2v) is 6.07. The standard InChI is InChI=1S/C10H22N2O2S/c1-3-4-5-6-7-8-10(12-11)9-15(2,13)14/h3,10,12H,1,4-9,11H2,2H3. The lowest BCUT2D eigenvalue weighted by molar-refractivity contribution is 0.492. The van der Waals surface area contributed by atoms with Crippen molar-refractivity contribution in [1.29, 1.82) is 0 Å². The molecule has 0 aromatic rings. The van der Waals surface area contributed by atoms with Crippen molar-refractivity contribution in [2.45, 2.75) is 38.1 Å². The first-order valence-electron chi connectivity index (χ1n) is 5.24. The van der Waals surface area contributed by atoms with Gasteiger partial charge in [0.15, 0.2) is 0 Å². The Kier molecular flexibility index (Phi) is 7.64. The molecule has 0 fully saturated rings. The lowest BCUT2D eigenvalue weighted by Crippen LogP contribution is -2.40. The minimum atomic E-state index is -2.94. The Morgan fingerprint density at radius 3 is 2.53 bits per heavy atom.